The van der Waals surface area contributed by atoms with Crippen LogP contribution in [0.3, 0.4) is 0 Å². The van der Waals surface area contributed by atoms with Crippen LogP contribution in [0.2, 0.25) is 0 Å². The molecule has 260 valence electrons. The van der Waals surface area contributed by atoms with Gasteiger partial charge < -0.3 is 47.4 Å². The van der Waals surface area contributed by atoms with Gasteiger partial charge in [-0.15, -0.1) is 0 Å². The van der Waals surface area contributed by atoms with E-state index in [1.807, 2.05) is 0 Å². The third-order valence-corrected chi connectivity index (χ3v) is 6.57. The fourth-order valence-electron chi connectivity index (χ4n) is 4.24. The van der Waals surface area contributed by atoms with E-state index in [0.717, 1.165) is 0 Å². The highest BCUT2D eigenvalue weighted by molar-refractivity contribution is 5.97. The molecule has 48 heavy (non-hydrogen) atoms. The molecule has 0 aromatic heterocycles. The van der Waals surface area contributed by atoms with Gasteiger partial charge in [0, 0.05) is 40.6 Å². The highest BCUT2D eigenvalue weighted by Gasteiger charge is 2.17. The zero-order valence-corrected chi connectivity index (χ0v) is 28.0. The van der Waals surface area contributed by atoms with E-state index in [9.17, 15) is 9.59 Å². The van der Waals surface area contributed by atoms with E-state index in [-0.39, 0.29) is 24.3 Å². The lowest BCUT2D eigenvalue weighted by Crippen LogP contribution is -2.11. The average Bonchev–Trinajstić information content (AvgIpc) is 3.09. The maximum Gasteiger partial charge on any atom is 0.339 e. The van der Waals surface area contributed by atoms with E-state index < -0.39 is 11.9 Å². The topological polar surface area (TPSA) is 126 Å². The zero-order valence-electron chi connectivity index (χ0n) is 28.0. The molecule has 0 aliphatic rings. The first-order valence-corrected chi connectivity index (χ1v) is 15.3. The van der Waals surface area contributed by atoms with Crippen LogP contribution >= 0.6 is 0 Å². The third kappa shape index (κ3) is 12.9. The standard InChI is InChI=1S/C36H44O12/c1-6-28-21-29(35(37)47-24-26-17-30(43-13-9-39-2)22-31(18-26)44-14-10-40-3)7-8-34(28)36(38)48-25-27-19-32(45-15-11-41-4)23-33(20-27)46-16-12-42-5/h6-8,17-23H,1,9-16,24-25H2,2-5H3. The summed E-state index contributed by atoms with van der Waals surface area (Å²) in [5.41, 5.74) is 2.22. The lowest BCUT2D eigenvalue weighted by molar-refractivity contribution is 0.0457. The SMILES string of the molecule is C=Cc1cc(C(=O)OCc2cc(OCCOC)cc(OCCOC)c2)ccc1C(=O)OCc1cc(OCCOC)cc(OCCOC)c1. The van der Waals surface area contributed by atoms with Crippen LogP contribution in [0, 0.1) is 0 Å². The van der Waals surface area contributed by atoms with E-state index in [2.05, 4.69) is 6.58 Å². The molecule has 0 bridgehead atoms. The first kappa shape index (κ1) is 37.8. The van der Waals surface area contributed by atoms with Crippen molar-refractivity contribution >= 4 is 18.0 Å². The molecule has 0 aliphatic carbocycles. The molecule has 12 nitrogen and oxygen atoms in total. The van der Waals surface area contributed by atoms with Crippen LogP contribution in [0.25, 0.3) is 6.08 Å². The van der Waals surface area contributed by atoms with Crippen LogP contribution in [0.15, 0.2) is 61.2 Å². The van der Waals surface area contributed by atoms with Gasteiger partial charge in [-0.25, -0.2) is 9.59 Å². The molecule has 3 rings (SSSR count). The molecule has 0 saturated carbocycles. The van der Waals surface area contributed by atoms with Crippen molar-refractivity contribution < 1.29 is 57.0 Å². The zero-order chi connectivity index (χ0) is 34.6. The van der Waals surface area contributed by atoms with Gasteiger partial charge in [-0.2, -0.15) is 0 Å². The Morgan fingerprint density at radius 1 is 0.542 bits per heavy atom. The number of benzene rings is 3. The Hall–Kier alpha value is -4.62. The van der Waals surface area contributed by atoms with E-state index in [0.29, 0.717) is 92.5 Å². The van der Waals surface area contributed by atoms with Gasteiger partial charge in [-0.3, -0.25) is 0 Å². The number of carbonyl (C=O) groups is 2. The van der Waals surface area contributed by atoms with Gasteiger partial charge >= 0.3 is 11.9 Å². The van der Waals surface area contributed by atoms with E-state index in [1.165, 1.54) is 24.3 Å². The first-order chi connectivity index (χ1) is 23.4. The molecule has 12 heteroatoms. The van der Waals surface area contributed by atoms with Crippen molar-refractivity contribution in [3.05, 3.63) is 89.0 Å². The monoisotopic (exact) mass is 668 g/mol. The maximum absolute atomic E-state index is 13.1. The fourth-order valence-corrected chi connectivity index (χ4v) is 4.24. The minimum Gasteiger partial charge on any atom is -0.491 e. The smallest absolute Gasteiger partial charge is 0.339 e. The molecular weight excluding hydrogens is 624 g/mol. The van der Waals surface area contributed by atoms with Gasteiger partial charge in [-0.05, 0) is 59.2 Å². The minimum atomic E-state index is -0.594. The van der Waals surface area contributed by atoms with Crippen molar-refractivity contribution in [2.24, 2.45) is 0 Å². The minimum absolute atomic E-state index is 0.0421. The lowest BCUT2D eigenvalue weighted by Gasteiger charge is -2.14. The summed E-state index contributed by atoms with van der Waals surface area (Å²) in [6.45, 7) is 6.73. The lowest BCUT2D eigenvalue weighted by atomic mass is 10.0. The number of hydrogen-bond donors (Lipinski definition) is 0. The summed E-state index contributed by atoms with van der Waals surface area (Å²) in [5.74, 6) is 1.00. The summed E-state index contributed by atoms with van der Waals surface area (Å²) in [4.78, 5) is 26.1. The third-order valence-electron chi connectivity index (χ3n) is 6.57. The second kappa shape index (κ2) is 21.3. The van der Waals surface area contributed by atoms with Gasteiger partial charge in [-0.1, -0.05) is 12.7 Å². The predicted octanol–water partition coefficient (Wildman–Crippen LogP) is 5.14. The largest absolute Gasteiger partial charge is 0.491 e. The molecular formula is C36H44O12. The van der Waals surface area contributed by atoms with Gasteiger partial charge in [0.05, 0.1) is 37.6 Å². The van der Waals surface area contributed by atoms with Crippen LogP contribution in [-0.2, 0) is 41.6 Å². The van der Waals surface area contributed by atoms with Crippen LogP contribution < -0.4 is 18.9 Å². The van der Waals surface area contributed by atoms with Crippen molar-refractivity contribution in [1.29, 1.82) is 0 Å². The number of rotatable bonds is 23. The second-order valence-corrected chi connectivity index (χ2v) is 10.1. The Balaban J connectivity index is 1.67. The second-order valence-electron chi connectivity index (χ2n) is 10.1. The summed E-state index contributed by atoms with van der Waals surface area (Å²) < 4.78 is 54.4. The molecule has 0 amide bonds. The highest BCUT2D eigenvalue weighted by Crippen LogP contribution is 2.26. The van der Waals surface area contributed by atoms with Crippen molar-refractivity contribution in [3.8, 4) is 23.0 Å². The molecule has 0 spiro atoms. The molecule has 0 heterocycles. The highest BCUT2D eigenvalue weighted by atomic mass is 16.5. The first-order valence-electron chi connectivity index (χ1n) is 15.3. The van der Waals surface area contributed by atoms with Crippen LogP contribution in [0.4, 0.5) is 0 Å². The van der Waals surface area contributed by atoms with Crippen LogP contribution in [-0.4, -0.2) is 93.2 Å². The Labute approximate surface area is 281 Å². The van der Waals surface area contributed by atoms with E-state index in [4.69, 9.17) is 47.4 Å². The summed E-state index contributed by atoms with van der Waals surface area (Å²) in [5, 5.41) is 0. The number of carbonyl (C=O) groups excluding carboxylic acids is 2. The molecule has 0 aliphatic heterocycles. The normalized spacial score (nSPS) is 10.7. The molecule has 3 aromatic carbocycles. The van der Waals surface area contributed by atoms with Gasteiger partial charge in [0.1, 0.15) is 62.6 Å². The fraction of sp³-hybridized carbons (Fsp3) is 0.389. The Morgan fingerprint density at radius 2 is 0.938 bits per heavy atom. The van der Waals surface area contributed by atoms with Gasteiger partial charge in [0.2, 0.25) is 0 Å². The van der Waals surface area contributed by atoms with Gasteiger partial charge in [0.25, 0.3) is 0 Å². The molecule has 0 unspecified atom stereocenters. The predicted molar refractivity (Wildman–Crippen MR) is 177 cm³/mol. The van der Waals surface area contributed by atoms with Crippen molar-refractivity contribution in [2.75, 3.05) is 81.3 Å². The molecule has 3 aromatic rings. The van der Waals surface area contributed by atoms with Gasteiger partial charge in [0.15, 0.2) is 0 Å². The summed E-state index contributed by atoms with van der Waals surface area (Å²) in [6.07, 6.45) is 1.48. The Bertz CT molecular complexity index is 1400. The quantitative estimate of drug-likeness (QED) is 0.0981. The number of esters is 2. The molecule has 0 atom stereocenters. The van der Waals surface area contributed by atoms with Crippen molar-refractivity contribution in [2.45, 2.75) is 13.2 Å². The summed E-state index contributed by atoms with van der Waals surface area (Å²) >= 11 is 0. The maximum atomic E-state index is 13.1. The molecule has 0 radical (unpaired) electrons. The van der Waals surface area contributed by atoms with Crippen LogP contribution in [0.5, 0.6) is 23.0 Å². The molecule has 0 fully saturated rings. The van der Waals surface area contributed by atoms with Crippen LogP contribution in [0.1, 0.15) is 37.4 Å². The summed E-state index contributed by atoms with van der Waals surface area (Å²) in [7, 11) is 6.35. The molecule has 0 saturated heterocycles. The Morgan fingerprint density at radius 3 is 1.31 bits per heavy atom. The number of ether oxygens (including phenoxy) is 10. The number of methoxy groups -OCH3 is 4. The summed E-state index contributed by atoms with van der Waals surface area (Å²) in [6, 6.07) is 15.1. The van der Waals surface area contributed by atoms with E-state index >= 15 is 0 Å². The van der Waals surface area contributed by atoms with Crippen molar-refractivity contribution in [1.82, 2.24) is 0 Å². The van der Waals surface area contributed by atoms with Crippen molar-refractivity contribution in [3.63, 3.8) is 0 Å². The molecule has 0 N–H and O–H groups in total. The van der Waals surface area contributed by atoms with E-state index in [1.54, 1.807) is 64.8 Å². The number of hydrogen-bond acceptors (Lipinski definition) is 12. The average molecular weight is 669 g/mol. The Kier molecular flexibility index (Phi) is 16.8.